The zero-order valence-electron chi connectivity index (χ0n) is 16.2. The zero-order valence-corrected chi connectivity index (χ0v) is 17.7. The number of halogens is 1. The normalized spacial score (nSPS) is 16.3. The van der Waals surface area contributed by atoms with Gasteiger partial charge < -0.3 is 10.3 Å². The van der Waals surface area contributed by atoms with Crippen LogP contribution in [0.25, 0.3) is 21.3 Å². The van der Waals surface area contributed by atoms with Crippen molar-refractivity contribution in [3.8, 4) is 11.1 Å². The van der Waals surface area contributed by atoms with Crippen LogP contribution in [-0.4, -0.2) is 40.0 Å². The Labute approximate surface area is 173 Å². The second-order valence-electron chi connectivity index (χ2n) is 7.69. The molecule has 1 saturated heterocycles. The van der Waals surface area contributed by atoms with Crippen LogP contribution >= 0.6 is 22.9 Å². The molecule has 3 aromatic rings. The van der Waals surface area contributed by atoms with Crippen LogP contribution < -0.4 is 10.9 Å². The van der Waals surface area contributed by atoms with Gasteiger partial charge in [-0.3, -0.25) is 9.69 Å². The molecule has 0 atom stereocenters. The van der Waals surface area contributed by atoms with Crippen LogP contribution in [0.3, 0.4) is 0 Å². The van der Waals surface area contributed by atoms with Gasteiger partial charge in [0.1, 0.15) is 10.7 Å². The minimum atomic E-state index is -0.0902. The van der Waals surface area contributed by atoms with Crippen molar-refractivity contribution in [3.63, 3.8) is 0 Å². The van der Waals surface area contributed by atoms with Gasteiger partial charge in [-0.1, -0.05) is 43.6 Å². The van der Waals surface area contributed by atoms with Crippen molar-refractivity contribution in [1.29, 1.82) is 0 Å². The monoisotopic (exact) mass is 416 g/mol. The maximum absolute atomic E-state index is 12.8. The van der Waals surface area contributed by atoms with E-state index in [1.54, 1.807) is 0 Å². The van der Waals surface area contributed by atoms with E-state index in [4.69, 9.17) is 16.6 Å². The maximum atomic E-state index is 12.8. The summed E-state index contributed by atoms with van der Waals surface area (Å²) in [5, 5.41) is 6.85. The van der Waals surface area contributed by atoms with E-state index in [1.165, 1.54) is 11.3 Å². The lowest BCUT2D eigenvalue weighted by Gasteiger charge is -2.33. The highest BCUT2D eigenvalue weighted by Crippen LogP contribution is 2.34. The molecule has 0 radical (unpaired) electrons. The van der Waals surface area contributed by atoms with Crippen molar-refractivity contribution in [2.45, 2.75) is 45.3 Å². The Hall–Kier alpha value is -1.73. The minimum absolute atomic E-state index is 0.0902. The van der Waals surface area contributed by atoms with Crippen LogP contribution in [-0.2, 0) is 6.54 Å². The molecule has 5 nitrogen and oxygen atoms in total. The van der Waals surface area contributed by atoms with Gasteiger partial charge in [0, 0.05) is 46.7 Å². The fourth-order valence-corrected chi connectivity index (χ4v) is 5.08. The van der Waals surface area contributed by atoms with E-state index in [-0.39, 0.29) is 5.56 Å². The van der Waals surface area contributed by atoms with Gasteiger partial charge in [-0.25, -0.2) is 4.98 Å². The molecule has 0 spiro atoms. The van der Waals surface area contributed by atoms with Crippen molar-refractivity contribution < 1.29 is 0 Å². The topological polar surface area (TPSA) is 61.0 Å². The largest absolute Gasteiger partial charge is 0.312 e. The number of hydrogen-bond acceptors (Lipinski definition) is 5. The van der Waals surface area contributed by atoms with Gasteiger partial charge in [0.25, 0.3) is 5.56 Å². The third kappa shape index (κ3) is 4.15. The molecule has 1 aliphatic heterocycles. The molecule has 0 unspecified atom stereocenters. The third-order valence-corrected chi connectivity index (χ3v) is 6.39. The van der Waals surface area contributed by atoms with Crippen molar-refractivity contribution in [3.05, 3.63) is 50.8 Å². The summed E-state index contributed by atoms with van der Waals surface area (Å²) in [6, 6.07) is 8.70. The second kappa shape index (κ2) is 8.33. The summed E-state index contributed by atoms with van der Waals surface area (Å²) in [6.07, 6.45) is 2.25. The molecule has 4 rings (SSSR count). The first-order valence-electron chi connectivity index (χ1n) is 9.75. The molecule has 28 heavy (non-hydrogen) atoms. The van der Waals surface area contributed by atoms with Gasteiger partial charge in [0.2, 0.25) is 0 Å². The van der Waals surface area contributed by atoms with Gasteiger partial charge >= 0.3 is 0 Å². The van der Waals surface area contributed by atoms with Crippen LogP contribution in [0.5, 0.6) is 0 Å². The molecular formula is C21H25ClN4OS. The van der Waals surface area contributed by atoms with Crippen LogP contribution in [0, 0.1) is 0 Å². The number of thiophene rings is 1. The number of aromatic nitrogens is 2. The van der Waals surface area contributed by atoms with Crippen molar-refractivity contribution >= 4 is 33.2 Å². The van der Waals surface area contributed by atoms with E-state index < -0.39 is 0 Å². The standard InChI is InChI=1S/C21H25ClN4OS/c1-13(2)23-14-7-9-26(10-8-14)11-18-24-20(27)19-16(12-28-21(19)25-18)15-5-3-4-6-17(15)22/h3-6,12-14,23H,7-11H2,1-2H3,(H,24,25,27). The van der Waals surface area contributed by atoms with E-state index in [0.717, 1.165) is 47.7 Å². The highest BCUT2D eigenvalue weighted by Gasteiger charge is 2.21. The summed E-state index contributed by atoms with van der Waals surface area (Å²) in [6.45, 7) is 7.09. The summed E-state index contributed by atoms with van der Waals surface area (Å²) in [5.41, 5.74) is 1.63. The number of aromatic amines is 1. The number of hydrogen-bond donors (Lipinski definition) is 2. The first-order chi connectivity index (χ1) is 13.5. The van der Waals surface area contributed by atoms with Crippen LogP contribution in [0.1, 0.15) is 32.5 Å². The van der Waals surface area contributed by atoms with Gasteiger partial charge in [-0.15, -0.1) is 11.3 Å². The van der Waals surface area contributed by atoms with E-state index in [1.807, 2.05) is 29.6 Å². The number of likely N-dealkylation sites (tertiary alicyclic amines) is 1. The first-order valence-corrected chi connectivity index (χ1v) is 11.0. The number of fused-ring (bicyclic) bond motifs is 1. The number of H-pyrrole nitrogens is 1. The fraction of sp³-hybridized carbons (Fsp3) is 0.429. The molecule has 0 aliphatic carbocycles. The highest BCUT2D eigenvalue weighted by atomic mass is 35.5. The predicted octanol–water partition coefficient (Wildman–Crippen LogP) is 4.27. The molecular weight excluding hydrogens is 392 g/mol. The lowest BCUT2D eigenvalue weighted by molar-refractivity contribution is 0.183. The summed E-state index contributed by atoms with van der Waals surface area (Å²) in [7, 11) is 0. The predicted molar refractivity (Wildman–Crippen MR) is 117 cm³/mol. The van der Waals surface area contributed by atoms with Crippen LogP contribution in [0.15, 0.2) is 34.4 Å². The molecule has 0 amide bonds. The molecule has 148 valence electrons. The lowest BCUT2D eigenvalue weighted by Crippen LogP contribution is -2.44. The first kappa shape index (κ1) is 19.6. The Morgan fingerprint density at radius 1 is 1.29 bits per heavy atom. The van der Waals surface area contributed by atoms with Crippen molar-refractivity contribution in [2.24, 2.45) is 0 Å². The van der Waals surface area contributed by atoms with Crippen molar-refractivity contribution in [2.75, 3.05) is 13.1 Å². The molecule has 1 aliphatic rings. The number of piperidine rings is 1. The minimum Gasteiger partial charge on any atom is -0.312 e. The quantitative estimate of drug-likeness (QED) is 0.652. The Balaban J connectivity index is 1.53. The summed E-state index contributed by atoms with van der Waals surface area (Å²) in [4.78, 5) is 23.7. The summed E-state index contributed by atoms with van der Waals surface area (Å²) < 4.78 is 0. The summed E-state index contributed by atoms with van der Waals surface area (Å²) >= 11 is 7.83. The van der Waals surface area contributed by atoms with E-state index in [2.05, 4.69) is 29.0 Å². The number of nitrogens with zero attached hydrogens (tertiary/aromatic N) is 2. The number of benzene rings is 1. The molecule has 2 aromatic heterocycles. The average molecular weight is 417 g/mol. The van der Waals surface area contributed by atoms with E-state index in [9.17, 15) is 4.79 Å². The molecule has 0 bridgehead atoms. The maximum Gasteiger partial charge on any atom is 0.260 e. The van der Waals surface area contributed by atoms with Gasteiger partial charge in [0.05, 0.1) is 11.9 Å². The second-order valence-corrected chi connectivity index (χ2v) is 8.96. The Kier molecular flexibility index (Phi) is 5.83. The number of rotatable bonds is 5. The average Bonchev–Trinajstić information content (AvgIpc) is 3.08. The molecule has 3 heterocycles. The Morgan fingerprint density at radius 3 is 2.75 bits per heavy atom. The Bertz CT molecular complexity index is 1020. The zero-order chi connectivity index (χ0) is 19.7. The highest BCUT2D eigenvalue weighted by molar-refractivity contribution is 7.17. The van der Waals surface area contributed by atoms with Gasteiger partial charge in [-0.2, -0.15) is 0 Å². The molecule has 7 heteroatoms. The van der Waals surface area contributed by atoms with Crippen LogP contribution in [0.2, 0.25) is 5.02 Å². The Morgan fingerprint density at radius 2 is 2.04 bits per heavy atom. The van der Waals surface area contributed by atoms with Crippen LogP contribution in [0.4, 0.5) is 0 Å². The molecule has 2 N–H and O–H groups in total. The summed E-state index contributed by atoms with van der Waals surface area (Å²) in [5.74, 6) is 0.736. The molecule has 1 fully saturated rings. The van der Waals surface area contributed by atoms with Gasteiger partial charge in [0.15, 0.2) is 0 Å². The lowest BCUT2D eigenvalue weighted by atomic mass is 10.0. The van der Waals surface area contributed by atoms with E-state index in [0.29, 0.717) is 29.0 Å². The van der Waals surface area contributed by atoms with Crippen molar-refractivity contribution in [1.82, 2.24) is 20.2 Å². The third-order valence-electron chi connectivity index (χ3n) is 5.19. The van der Waals surface area contributed by atoms with Gasteiger partial charge in [-0.05, 0) is 18.9 Å². The number of nitrogens with one attached hydrogen (secondary N) is 2. The molecule has 1 aromatic carbocycles. The van der Waals surface area contributed by atoms with E-state index >= 15 is 0 Å². The molecule has 0 saturated carbocycles. The smallest absolute Gasteiger partial charge is 0.260 e. The fourth-order valence-electron chi connectivity index (χ4n) is 3.89. The SMILES string of the molecule is CC(C)NC1CCN(Cc2nc3scc(-c4ccccc4Cl)c3c(=O)[nH]2)CC1.